The molecular formula is C18H26N2O3. The van der Waals surface area contributed by atoms with Gasteiger partial charge in [0.25, 0.3) is 0 Å². The maximum Gasteiger partial charge on any atom is 0.320 e. The van der Waals surface area contributed by atoms with Crippen LogP contribution in [0.25, 0.3) is 0 Å². The Labute approximate surface area is 137 Å². The summed E-state index contributed by atoms with van der Waals surface area (Å²) in [4.78, 5) is 25.2. The molecule has 1 saturated heterocycles. The van der Waals surface area contributed by atoms with E-state index in [0.29, 0.717) is 18.9 Å². The third kappa shape index (κ3) is 4.79. The van der Waals surface area contributed by atoms with Crippen LogP contribution >= 0.6 is 0 Å². The molecule has 1 aliphatic heterocycles. The van der Waals surface area contributed by atoms with Gasteiger partial charge < -0.3 is 10.4 Å². The number of nitrogens with zero attached hydrogens (tertiary/aromatic N) is 1. The molecule has 0 aromatic heterocycles. The molecule has 0 radical (unpaired) electrons. The number of likely N-dealkylation sites (tertiary alicyclic amines) is 1. The third-order valence-corrected chi connectivity index (χ3v) is 4.62. The summed E-state index contributed by atoms with van der Waals surface area (Å²) in [7, 11) is 0. The van der Waals surface area contributed by atoms with Crippen molar-refractivity contribution in [2.24, 2.45) is 0 Å². The number of carboxylic acid groups (broad SMARTS) is 1. The first kappa shape index (κ1) is 17.5. The SMILES string of the molecule is CCC(C)c1ccc(NC(=O)CN2CCCCC2C(=O)O)cc1. The monoisotopic (exact) mass is 318 g/mol. The second-order valence-electron chi connectivity index (χ2n) is 6.30. The lowest BCUT2D eigenvalue weighted by atomic mass is 9.98. The predicted molar refractivity (Wildman–Crippen MR) is 90.6 cm³/mol. The van der Waals surface area contributed by atoms with Crippen molar-refractivity contribution >= 4 is 17.6 Å². The van der Waals surface area contributed by atoms with Crippen LogP contribution in [0.15, 0.2) is 24.3 Å². The molecule has 0 saturated carbocycles. The van der Waals surface area contributed by atoms with Gasteiger partial charge >= 0.3 is 5.97 Å². The molecule has 5 nitrogen and oxygen atoms in total. The Morgan fingerprint density at radius 2 is 2.00 bits per heavy atom. The molecule has 1 amide bonds. The van der Waals surface area contributed by atoms with Crippen LogP contribution in [-0.4, -0.2) is 41.0 Å². The fourth-order valence-electron chi connectivity index (χ4n) is 2.98. The quantitative estimate of drug-likeness (QED) is 0.845. The fraction of sp³-hybridized carbons (Fsp3) is 0.556. The first-order chi connectivity index (χ1) is 11.0. The highest BCUT2D eigenvalue weighted by molar-refractivity contribution is 5.92. The third-order valence-electron chi connectivity index (χ3n) is 4.62. The van der Waals surface area contributed by atoms with E-state index in [4.69, 9.17) is 0 Å². The van der Waals surface area contributed by atoms with Crippen LogP contribution < -0.4 is 5.32 Å². The number of benzene rings is 1. The molecule has 0 aliphatic carbocycles. The first-order valence-electron chi connectivity index (χ1n) is 8.38. The number of rotatable bonds is 6. The van der Waals surface area contributed by atoms with Crippen molar-refractivity contribution in [3.63, 3.8) is 0 Å². The molecule has 2 N–H and O–H groups in total. The van der Waals surface area contributed by atoms with Crippen LogP contribution in [0.2, 0.25) is 0 Å². The molecule has 1 heterocycles. The van der Waals surface area contributed by atoms with Gasteiger partial charge in [-0.3, -0.25) is 14.5 Å². The van der Waals surface area contributed by atoms with Crippen LogP contribution in [0.3, 0.4) is 0 Å². The number of piperidine rings is 1. The molecule has 23 heavy (non-hydrogen) atoms. The molecule has 1 aromatic rings. The van der Waals surface area contributed by atoms with Gasteiger partial charge in [-0.2, -0.15) is 0 Å². The van der Waals surface area contributed by atoms with E-state index < -0.39 is 12.0 Å². The molecule has 1 aromatic carbocycles. The summed E-state index contributed by atoms with van der Waals surface area (Å²) in [6.07, 6.45) is 3.55. The van der Waals surface area contributed by atoms with Gasteiger partial charge in [0, 0.05) is 5.69 Å². The largest absolute Gasteiger partial charge is 0.480 e. The van der Waals surface area contributed by atoms with E-state index in [2.05, 4.69) is 19.2 Å². The summed E-state index contributed by atoms with van der Waals surface area (Å²) >= 11 is 0. The van der Waals surface area contributed by atoms with E-state index in [-0.39, 0.29) is 12.5 Å². The van der Waals surface area contributed by atoms with Crippen molar-refractivity contribution in [2.75, 3.05) is 18.4 Å². The van der Waals surface area contributed by atoms with Gasteiger partial charge in [-0.1, -0.05) is 32.4 Å². The summed E-state index contributed by atoms with van der Waals surface area (Å²) in [5.41, 5.74) is 2.01. The smallest absolute Gasteiger partial charge is 0.320 e. The number of nitrogens with one attached hydrogen (secondary N) is 1. The Morgan fingerprint density at radius 1 is 1.30 bits per heavy atom. The van der Waals surface area contributed by atoms with Gasteiger partial charge in [0.05, 0.1) is 6.54 Å². The van der Waals surface area contributed by atoms with Gasteiger partial charge in [-0.25, -0.2) is 0 Å². The molecule has 1 aliphatic rings. The number of amides is 1. The van der Waals surface area contributed by atoms with Gasteiger partial charge in [0.1, 0.15) is 6.04 Å². The summed E-state index contributed by atoms with van der Waals surface area (Å²) in [5.74, 6) is -0.491. The van der Waals surface area contributed by atoms with Crippen LogP contribution in [0.5, 0.6) is 0 Å². The van der Waals surface area contributed by atoms with Crippen LogP contribution in [0.4, 0.5) is 5.69 Å². The van der Waals surface area contributed by atoms with Crippen molar-refractivity contribution in [1.29, 1.82) is 0 Å². The minimum absolute atomic E-state index is 0.129. The molecule has 5 heteroatoms. The van der Waals surface area contributed by atoms with Crippen molar-refractivity contribution in [1.82, 2.24) is 4.90 Å². The van der Waals surface area contributed by atoms with E-state index in [1.807, 2.05) is 24.3 Å². The average molecular weight is 318 g/mol. The summed E-state index contributed by atoms with van der Waals surface area (Å²) in [6.45, 7) is 5.12. The zero-order valence-corrected chi connectivity index (χ0v) is 13.9. The fourth-order valence-corrected chi connectivity index (χ4v) is 2.98. The normalized spacial score (nSPS) is 20.0. The lowest BCUT2D eigenvalue weighted by Crippen LogP contribution is -2.47. The summed E-state index contributed by atoms with van der Waals surface area (Å²) in [5, 5.41) is 12.1. The molecule has 1 fully saturated rings. The Hall–Kier alpha value is -1.88. The van der Waals surface area contributed by atoms with Crippen LogP contribution in [0, 0.1) is 0 Å². The van der Waals surface area contributed by atoms with E-state index in [9.17, 15) is 14.7 Å². The van der Waals surface area contributed by atoms with Gasteiger partial charge in [-0.05, 0) is 49.4 Å². The van der Waals surface area contributed by atoms with Gasteiger partial charge in [-0.15, -0.1) is 0 Å². The Kier molecular flexibility index (Phi) is 6.16. The minimum atomic E-state index is -0.838. The van der Waals surface area contributed by atoms with E-state index in [0.717, 1.165) is 24.9 Å². The number of carbonyl (C=O) groups is 2. The van der Waals surface area contributed by atoms with Gasteiger partial charge in [0.15, 0.2) is 0 Å². The second kappa shape index (κ2) is 8.11. The highest BCUT2D eigenvalue weighted by Gasteiger charge is 2.29. The predicted octanol–water partition coefficient (Wildman–Crippen LogP) is 3.08. The zero-order chi connectivity index (χ0) is 16.8. The Bertz CT molecular complexity index is 542. The number of carbonyl (C=O) groups excluding carboxylic acids is 1. The molecule has 0 bridgehead atoms. The van der Waals surface area contributed by atoms with E-state index in [1.54, 1.807) is 4.90 Å². The summed E-state index contributed by atoms with van der Waals surface area (Å²) in [6, 6.07) is 7.34. The van der Waals surface area contributed by atoms with Gasteiger partial charge in [0.2, 0.25) is 5.91 Å². The standard InChI is InChI=1S/C18H26N2O3/c1-3-13(2)14-7-9-15(10-8-14)19-17(21)12-20-11-5-4-6-16(20)18(22)23/h7-10,13,16H,3-6,11-12H2,1-2H3,(H,19,21)(H,22,23). The van der Waals surface area contributed by atoms with E-state index in [1.165, 1.54) is 5.56 Å². The first-order valence-corrected chi connectivity index (χ1v) is 8.38. The van der Waals surface area contributed by atoms with Crippen molar-refractivity contribution in [2.45, 2.75) is 51.5 Å². The number of aliphatic carboxylic acids is 1. The minimum Gasteiger partial charge on any atom is -0.480 e. The van der Waals surface area contributed by atoms with Crippen molar-refractivity contribution in [3.05, 3.63) is 29.8 Å². The number of hydrogen-bond donors (Lipinski definition) is 2. The maximum atomic E-state index is 12.2. The number of hydrogen-bond acceptors (Lipinski definition) is 3. The maximum absolute atomic E-state index is 12.2. The topological polar surface area (TPSA) is 69.6 Å². The summed E-state index contributed by atoms with van der Waals surface area (Å²) < 4.78 is 0. The highest BCUT2D eigenvalue weighted by Crippen LogP contribution is 2.21. The van der Waals surface area contributed by atoms with Crippen LogP contribution in [0.1, 0.15) is 51.0 Å². The lowest BCUT2D eigenvalue weighted by Gasteiger charge is -2.32. The van der Waals surface area contributed by atoms with Crippen molar-refractivity contribution in [3.8, 4) is 0 Å². The molecule has 0 spiro atoms. The second-order valence-corrected chi connectivity index (χ2v) is 6.30. The Morgan fingerprint density at radius 3 is 2.61 bits per heavy atom. The average Bonchev–Trinajstić information content (AvgIpc) is 2.55. The zero-order valence-electron chi connectivity index (χ0n) is 13.9. The molecule has 2 rings (SSSR count). The number of carboxylic acids is 1. The molecular weight excluding hydrogens is 292 g/mol. The molecule has 2 unspecified atom stereocenters. The highest BCUT2D eigenvalue weighted by atomic mass is 16.4. The van der Waals surface area contributed by atoms with Crippen LogP contribution in [-0.2, 0) is 9.59 Å². The Balaban J connectivity index is 1.92. The lowest BCUT2D eigenvalue weighted by molar-refractivity contribution is -0.145. The molecule has 126 valence electrons. The van der Waals surface area contributed by atoms with Crippen molar-refractivity contribution < 1.29 is 14.7 Å². The van der Waals surface area contributed by atoms with E-state index >= 15 is 0 Å². The molecule has 2 atom stereocenters. The number of anilines is 1.